The van der Waals surface area contributed by atoms with Crippen LogP contribution in [0.3, 0.4) is 0 Å². The predicted octanol–water partition coefficient (Wildman–Crippen LogP) is 4.57. The van der Waals surface area contributed by atoms with Crippen molar-refractivity contribution >= 4 is 0 Å². The van der Waals surface area contributed by atoms with E-state index in [2.05, 4.69) is 13.0 Å². The van der Waals surface area contributed by atoms with E-state index in [1.807, 2.05) is 13.0 Å². The first-order valence-corrected chi connectivity index (χ1v) is 11.1. The van der Waals surface area contributed by atoms with Gasteiger partial charge in [-0.3, -0.25) is 0 Å². The lowest BCUT2D eigenvalue weighted by Crippen LogP contribution is -2.45. The lowest BCUT2D eigenvalue weighted by Gasteiger charge is -2.51. The van der Waals surface area contributed by atoms with Gasteiger partial charge >= 0.3 is 0 Å². The summed E-state index contributed by atoms with van der Waals surface area (Å²) in [5, 5.41) is 10.5. The Balaban J connectivity index is 1.62. The molecule has 0 bridgehead atoms. The number of hydrogen-bond donors (Lipinski definition) is 1. The summed E-state index contributed by atoms with van der Waals surface area (Å²) in [7, 11) is 3.32. The van der Waals surface area contributed by atoms with Crippen molar-refractivity contribution in [3.8, 4) is 5.75 Å². The molecule has 2 fully saturated rings. The number of methoxy groups -OCH3 is 2. The van der Waals surface area contributed by atoms with Crippen LogP contribution >= 0.6 is 0 Å². The van der Waals surface area contributed by atoms with Crippen LogP contribution in [-0.2, 0) is 20.6 Å². The van der Waals surface area contributed by atoms with Crippen LogP contribution in [0.25, 0.3) is 0 Å². The molecule has 1 aromatic rings. The maximum absolute atomic E-state index is 10.5. The Morgan fingerprint density at radius 1 is 1.10 bits per heavy atom. The molecule has 1 unspecified atom stereocenters. The van der Waals surface area contributed by atoms with Crippen LogP contribution in [0.15, 0.2) is 12.1 Å². The second-order valence-electron chi connectivity index (χ2n) is 9.37. The van der Waals surface area contributed by atoms with Crippen LogP contribution in [0.2, 0.25) is 0 Å². The van der Waals surface area contributed by atoms with Gasteiger partial charge in [0.2, 0.25) is 0 Å². The molecule has 2 saturated carbocycles. The average molecular weight is 405 g/mol. The third-order valence-corrected chi connectivity index (χ3v) is 7.97. The molecule has 4 rings (SSSR count). The molecule has 5 nitrogen and oxygen atoms in total. The maximum Gasteiger partial charge on any atom is 0.188 e. The molecule has 3 aliphatic carbocycles. The van der Waals surface area contributed by atoms with Gasteiger partial charge in [0.05, 0.1) is 12.2 Å². The molecule has 0 heterocycles. The Kier molecular flexibility index (Phi) is 6.22. The highest BCUT2D eigenvalue weighted by Gasteiger charge is 2.55. The Morgan fingerprint density at radius 2 is 1.90 bits per heavy atom. The van der Waals surface area contributed by atoms with Gasteiger partial charge in [-0.25, -0.2) is 0 Å². The SMILES string of the molecule is COCOc1ccc2c(c1C(C)O)CC[C@@H]1[C@@H]2CC[C@]2(C)[C@@H](OCOC)CC[C@@H]12. The molecule has 0 aromatic heterocycles. The summed E-state index contributed by atoms with van der Waals surface area (Å²) in [4.78, 5) is 0. The van der Waals surface area contributed by atoms with E-state index in [9.17, 15) is 5.11 Å². The van der Waals surface area contributed by atoms with E-state index < -0.39 is 6.10 Å². The minimum Gasteiger partial charge on any atom is -0.467 e. The quantitative estimate of drug-likeness (QED) is 0.675. The first kappa shape index (κ1) is 21.1. The predicted molar refractivity (Wildman–Crippen MR) is 111 cm³/mol. The van der Waals surface area contributed by atoms with Crippen molar-refractivity contribution < 1.29 is 24.1 Å². The molecule has 0 radical (unpaired) electrons. The molecule has 162 valence electrons. The summed E-state index contributed by atoms with van der Waals surface area (Å²) in [6, 6.07) is 4.29. The van der Waals surface area contributed by atoms with Crippen LogP contribution < -0.4 is 4.74 Å². The van der Waals surface area contributed by atoms with Crippen LogP contribution in [0, 0.1) is 17.3 Å². The Morgan fingerprint density at radius 3 is 2.62 bits per heavy atom. The van der Waals surface area contributed by atoms with Crippen molar-refractivity contribution in [3.63, 3.8) is 0 Å². The number of benzene rings is 1. The molecule has 0 spiro atoms. The Hall–Kier alpha value is -1.14. The monoisotopic (exact) mass is 404 g/mol. The molecule has 3 aliphatic rings. The Bertz CT molecular complexity index is 717. The van der Waals surface area contributed by atoms with E-state index in [1.54, 1.807) is 14.2 Å². The molecule has 29 heavy (non-hydrogen) atoms. The van der Waals surface area contributed by atoms with Gasteiger partial charge in [0, 0.05) is 19.8 Å². The second-order valence-corrected chi connectivity index (χ2v) is 9.37. The summed E-state index contributed by atoms with van der Waals surface area (Å²) in [5.74, 6) is 2.74. The minimum atomic E-state index is -0.541. The van der Waals surface area contributed by atoms with Crippen molar-refractivity contribution in [1.29, 1.82) is 0 Å². The highest BCUT2D eigenvalue weighted by atomic mass is 16.7. The van der Waals surface area contributed by atoms with E-state index in [-0.39, 0.29) is 12.2 Å². The highest BCUT2D eigenvalue weighted by Crippen LogP contribution is 2.62. The van der Waals surface area contributed by atoms with Gasteiger partial charge in [-0.05, 0) is 85.8 Å². The van der Waals surface area contributed by atoms with Gasteiger partial charge in [0.15, 0.2) is 6.79 Å². The topological polar surface area (TPSA) is 57.2 Å². The third kappa shape index (κ3) is 3.60. The molecule has 0 amide bonds. The number of hydrogen-bond acceptors (Lipinski definition) is 5. The lowest BCUT2D eigenvalue weighted by atomic mass is 9.55. The molecule has 0 aliphatic heterocycles. The Labute approximate surface area is 174 Å². The minimum absolute atomic E-state index is 0.202. The van der Waals surface area contributed by atoms with Gasteiger partial charge in [-0.1, -0.05) is 13.0 Å². The number of ether oxygens (including phenoxy) is 4. The molecule has 6 atom stereocenters. The summed E-state index contributed by atoms with van der Waals surface area (Å²) >= 11 is 0. The van der Waals surface area contributed by atoms with Crippen LogP contribution in [0.1, 0.15) is 74.7 Å². The number of fused-ring (bicyclic) bond motifs is 5. The number of rotatable bonds is 7. The molecule has 1 aromatic carbocycles. The number of aliphatic hydroxyl groups is 1. The fourth-order valence-corrected chi connectivity index (χ4v) is 6.76. The van der Waals surface area contributed by atoms with Crippen molar-refractivity contribution in [2.24, 2.45) is 17.3 Å². The van der Waals surface area contributed by atoms with Gasteiger partial charge in [-0.2, -0.15) is 0 Å². The molecule has 1 N–H and O–H groups in total. The average Bonchev–Trinajstić information content (AvgIpc) is 3.05. The van der Waals surface area contributed by atoms with E-state index >= 15 is 0 Å². The molecule has 0 saturated heterocycles. The highest BCUT2D eigenvalue weighted by molar-refractivity contribution is 5.49. The van der Waals surface area contributed by atoms with E-state index in [0.717, 1.165) is 24.2 Å². The molecule has 5 heteroatoms. The van der Waals surface area contributed by atoms with Crippen LogP contribution in [0.4, 0.5) is 0 Å². The van der Waals surface area contributed by atoms with Gasteiger partial charge in [0.1, 0.15) is 12.5 Å². The normalized spacial score (nSPS) is 34.2. The zero-order chi connectivity index (χ0) is 20.6. The molecular formula is C24H36O5. The fraction of sp³-hybridized carbons (Fsp3) is 0.750. The standard InChI is InChI=1S/C24H36O5/c1-15(25)23-19-6-5-18-17(16(19)7-9-21(23)28-13-26-3)11-12-24(2)20(18)8-10-22(24)29-14-27-4/h7,9,15,17-18,20,22,25H,5-6,8,10-14H2,1-4H3/t15?,17-,18-,20+,22+,24+/m1/s1. The maximum atomic E-state index is 10.5. The third-order valence-electron chi connectivity index (χ3n) is 7.97. The van der Waals surface area contributed by atoms with Crippen LogP contribution in [0.5, 0.6) is 5.75 Å². The van der Waals surface area contributed by atoms with E-state index in [0.29, 0.717) is 30.7 Å². The summed E-state index contributed by atoms with van der Waals surface area (Å²) in [6.45, 7) is 4.88. The first-order chi connectivity index (χ1) is 14.0. The van der Waals surface area contributed by atoms with Gasteiger partial charge in [-0.15, -0.1) is 0 Å². The van der Waals surface area contributed by atoms with Gasteiger partial charge < -0.3 is 24.1 Å². The zero-order valence-corrected chi connectivity index (χ0v) is 18.3. The molecular weight excluding hydrogens is 368 g/mol. The smallest absolute Gasteiger partial charge is 0.188 e. The van der Waals surface area contributed by atoms with Crippen molar-refractivity contribution in [3.05, 3.63) is 28.8 Å². The summed E-state index contributed by atoms with van der Waals surface area (Å²) in [6.07, 6.45) is 6.74. The summed E-state index contributed by atoms with van der Waals surface area (Å²) in [5.41, 5.74) is 3.96. The number of aliphatic hydroxyl groups excluding tert-OH is 1. The zero-order valence-electron chi connectivity index (χ0n) is 18.3. The largest absolute Gasteiger partial charge is 0.467 e. The fourth-order valence-electron chi connectivity index (χ4n) is 6.76. The summed E-state index contributed by atoms with van der Waals surface area (Å²) < 4.78 is 22.1. The second kappa shape index (κ2) is 8.54. The van der Waals surface area contributed by atoms with E-state index in [4.69, 9.17) is 18.9 Å². The van der Waals surface area contributed by atoms with Crippen molar-refractivity contribution in [1.82, 2.24) is 0 Å². The van der Waals surface area contributed by atoms with Crippen LogP contribution in [-0.4, -0.2) is 39.0 Å². The lowest BCUT2D eigenvalue weighted by molar-refractivity contribution is -0.125. The van der Waals surface area contributed by atoms with Crippen molar-refractivity contribution in [2.45, 2.75) is 70.5 Å². The van der Waals surface area contributed by atoms with Crippen molar-refractivity contribution in [2.75, 3.05) is 27.8 Å². The first-order valence-electron chi connectivity index (χ1n) is 11.1. The van der Waals surface area contributed by atoms with E-state index in [1.165, 1.54) is 36.8 Å². The van der Waals surface area contributed by atoms with Gasteiger partial charge in [0.25, 0.3) is 0 Å².